The molecule has 0 aliphatic rings. The summed E-state index contributed by atoms with van der Waals surface area (Å²) < 4.78 is 5.15. The molecule has 21 heavy (non-hydrogen) atoms. The Balaban J connectivity index is 1.95. The Kier molecular flexibility index (Phi) is 5.36. The number of rotatable bonds is 6. The van der Waals surface area contributed by atoms with Crippen molar-refractivity contribution >= 4 is 22.9 Å². The smallest absolute Gasteiger partial charge is 0.241 e. The third-order valence-electron chi connectivity index (χ3n) is 3.39. The largest absolute Gasteiger partial charge is 0.497 e. The molecule has 2 rings (SSSR count). The zero-order valence-electron chi connectivity index (χ0n) is 12.5. The molecule has 0 aliphatic heterocycles. The topological polar surface area (TPSA) is 41.6 Å². The van der Waals surface area contributed by atoms with Gasteiger partial charge in [0.15, 0.2) is 0 Å². The van der Waals surface area contributed by atoms with Crippen molar-refractivity contribution in [1.82, 2.24) is 4.90 Å². The van der Waals surface area contributed by atoms with Crippen LogP contribution in [0.25, 0.3) is 0 Å². The molecule has 1 heterocycles. The average molecular weight is 304 g/mol. The summed E-state index contributed by atoms with van der Waals surface area (Å²) in [6.45, 7) is 2.66. The number of hydrogen-bond donors (Lipinski definition) is 1. The minimum atomic E-state index is -0.212. The quantitative estimate of drug-likeness (QED) is 0.891. The first-order valence-electron chi connectivity index (χ1n) is 6.76. The van der Waals surface area contributed by atoms with Crippen molar-refractivity contribution < 1.29 is 9.53 Å². The fourth-order valence-corrected chi connectivity index (χ4v) is 2.62. The maximum absolute atomic E-state index is 12.3. The number of benzene rings is 1. The van der Waals surface area contributed by atoms with E-state index in [1.54, 1.807) is 18.4 Å². The predicted octanol–water partition coefficient (Wildman–Crippen LogP) is 3.22. The minimum absolute atomic E-state index is 0.0269. The summed E-state index contributed by atoms with van der Waals surface area (Å²) in [5.41, 5.74) is 1.97. The molecule has 0 saturated heterocycles. The van der Waals surface area contributed by atoms with E-state index in [2.05, 4.69) is 16.8 Å². The number of amides is 1. The Hall–Kier alpha value is -1.85. The summed E-state index contributed by atoms with van der Waals surface area (Å²) in [4.78, 5) is 14.3. The number of hydrogen-bond acceptors (Lipinski definition) is 4. The highest BCUT2D eigenvalue weighted by atomic mass is 32.1. The van der Waals surface area contributed by atoms with Crippen LogP contribution >= 0.6 is 11.3 Å². The van der Waals surface area contributed by atoms with E-state index >= 15 is 0 Å². The Morgan fingerprint density at radius 2 is 2.24 bits per heavy atom. The van der Waals surface area contributed by atoms with Crippen LogP contribution in [0.3, 0.4) is 0 Å². The van der Waals surface area contributed by atoms with Crippen LogP contribution in [0.2, 0.25) is 0 Å². The van der Waals surface area contributed by atoms with Crippen molar-refractivity contribution in [3.8, 4) is 5.75 Å². The SMILES string of the molecule is COc1cccc(NC(=O)[C@@H](C)N(C)Cc2ccsc2)c1. The second kappa shape index (κ2) is 7.24. The molecule has 0 aliphatic carbocycles. The van der Waals surface area contributed by atoms with E-state index < -0.39 is 0 Å². The highest BCUT2D eigenvalue weighted by Gasteiger charge is 2.18. The van der Waals surface area contributed by atoms with Crippen molar-refractivity contribution in [2.75, 3.05) is 19.5 Å². The standard InChI is InChI=1S/C16H20N2O2S/c1-12(18(2)10-13-7-8-21-11-13)16(19)17-14-5-4-6-15(9-14)20-3/h4-9,11-12H,10H2,1-3H3,(H,17,19)/t12-/m1/s1. The summed E-state index contributed by atoms with van der Waals surface area (Å²) in [6, 6.07) is 9.23. The van der Waals surface area contributed by atoms with Gasteiger partial charge in [-0.1, -0.05) is 6.07 Å². The maximum Gasteiger partial charge on any atom is 0.241 e. The monoisotopic (exact) mass is 304 g/mol. The van der Waals surface area contributed by atoms with Crippen molar-refractivity contribution in [3.05, 3.63) is 46.7 Å². The molecule has 4 nitrogen and oxygen atoms in total. The van der Waals surface area contributed by atoms with Crippen molar-refractivity contribution in [3.63, 3.8) is 0 Å². The second-order valence-electron chi connectivity index (χ2n) is 4.94. The average Bonchev–Trinajstić information content (AvgIpc) is 2.99. The molecule has 1 N–H and O–H groups in total. The predicted molar refractivity (Wildman–Crippen MR) is 86.9 cm³/mol. The van der Waals surface area contributed by atoms with Gasteiger partial charge in [0.05, 0.1) is 13.2 Å². The van der Waals surface area contributed by atoms with Crippen molar-refractivity contribution in [2.24, 2.45) is 0 Å². The lowest BCUT2D eigenvalue weighted by Crippen LogP contribution is -2.39. The van der Waals surface area contributed by atoms with Gasteiger partial charge in [0.25, 0.3) is 0 Å². The van der Waals surface area contributed by atoms with Gasteiger partial charge < -0.3 is 10.1 Å². The number of carbonyl (C=O) groups is 1. The zero-order valence-corrected chi connectivity index (χ0v) is 13.3. The molecular formula is C16H20N2O2S. The van der Waals surface area contributed by atoms with Gasteiger partial charge in [-0.25, -0.2) is 0 Å². The molecule has 0 saturated carbocycles. The molecular weight excluding hydrogens is 284 g/mol. The minimum Gasteiger partial charge on any atom is -0.497 e. The van der Waals surface area contributed by atoms with Gasteiger partial charge in [-0.05, 0) is 48.5 Å². The van der Waals surface area contributed by atoms with Gasteiger partial charge in [-0.3, -0.25) is 9.69 Å². The van der Waals surface area contributed by atoms with E-state index in [1.165, 1.54) is 5.56 Å². The first kappa shape index (κ1) is 15.5. The second-order valence-corrected chi connectivity index (χ2v) is 5.72. The van der Waals surface area contributed by atoms with Crippen molar-refractivity contribution in [1.29, 1.82) is 0 Å². The molecule has 0 unspecified atom stereocenters. The molecule has 0 fully saturated rings. The van der Waals surface area contributed by atoms with Gasteiger partial charge >= 0.3 is 0 Å². The molecule has 112 valence electrons. The van der Waals surface area contributed by atoms with E-state index in [0.29, 0.717) is 0 Å². The molecule has 5 heteroatoms. The van der Waals surface area contributed by atoms with Crippen LogP contribution < -0.4 is 10.1 Å². The molecule has 0 bridgehead atoms. The lowest BCUT2D eigenvalue weighted by atomic mass is 10.2. The Labute approximate surface area is 129 Å². The van der Waals surface area contributed by atoms with Gasteiger partial charge in [-0.15, -0.1) is 0 Å². The van der Waals surface area contributed by atoms with E-state index in [4.69, 9.17) is 4.74 Å². The van der Waals surface area contributed by atoms with Gasteiger partial charge in [0, 0.05) is 18.3 Å². The number of likely N-dealkylation sites (N-methyl/N-ethyl adjacent to an activating group) is 1. The van der Waals surface area contributed by atoms with Crippen LogP contribution in [-0.2, 0) is 11.3 Å². The normalized spacial score (nSPS) is 12.2. The third-order valence-corrected chi connectivity index (χ3v) is 4.12. The summed E-state index contributed by atoms with van der Waals surface area (Å²) in [7, 11) is 3.56. The van der Waals surface area contributed by atoms with Gasteiger partial charge in [-0.2, -0.15) is 11.3 Å². The van der Waals surface area contributed by atoms with E-state index in [9.17, 15) is 4.79 Å². The van der Waals surface area contributed by atoms with Crippen LogP contribution in [0.15, 0.2) is 41.1 Å². The summed E-state index contributed by atoms with van der Waals surface area (Å²) in [5, 5.41) is 7.07. The van der Waals surface area contributed by atoms with E-state index in [1.807, 2.05) is 48.5 Å². The highest BCUT2D eigenvalue weighted by Crippen LogP contribution is 2.17. The molecule has 0 spiro atoms. The molecule has 2 aromatic rings. The number of methoxy groups -OCH3 is 1. The van der Waals surface area contributed by atoms with Crippen LogP contribution in [0.1, 0.15) is 12.5 Å². The summed E-state index contributed by atoms with van der Waals surface area (Å²) >= 11 is 1.67. The number of nitrogens with one attached hydrogen (secondary N) is 1. The van der Waals surface area contributed by atoms with Crippen molar-refractivity contribution in [2.45, 2.75) is 19.5 Å². The molecule has 1 aromatic heterocycles. The fraction of sp³-hybridized carbons (Fsp3) is 0.312. The number of nitrogens with zero attached hydrogens (tertiary/aromatic N) is 1. The van der Waals surface area contributed by atoms with Gasteiger partial charge in [0.2, 0.25) is 5.91 Å². The zero-order chi connectivity index (χ0) is 15.2. The van der Waals surface area contributed by atoms with Crippen LogP contribution in [-0.4, -0.2) is 31.0 Å². The summed E-state index contributed by atoms with van der Waals surface area (Å²) in [6.07, 6.45) is 0. The first-order valence-corrected chi connectivity index (χ1v) is 7.70. The number of carbonyl (C=O) groups excluding carboxylic acids is 1. The maximum atomic E-state index is 12.3. The van der Waals surface area contributed by atoms with Crippen LogP contribution in [0.5, 0.6) is 5.75 Å². The summed E-state index contributed by atoms with van der Waals surface area (Å²) in [5.74, 6) is 0.702. The van der Waals surface area contributed by atoms with Crippen LogP contribution in [0, 0.1) is 0 Å². The molecule has 1 amide bonds. The Bertz CT molecular complexity index is 584. The first-order chi connectivity index (χ1) is 10.1. The van der Waals surface area contributed by atoms with Crippen LogP contribution in [0.4, 0.5) is 5.69 Å². The lowest BCUT2D eigenvalue weighted by Gasteiger charge is -2.23. The molecule has 0 radical (unpaired) electrons. The third kappa shape index (κ3) is 4.31. The number of anilines is 1. The molecule has 1 atom stereocenters. The Morgan fingerprint density at radius 3 is 2.90 bits per heavy atom. The van der Waals surface area contributed by atoms with E-state index in [-0.39, 0.29) is 11.9 Å². The molecule has 1 aromatic carbocycles. The number of thiophene rings is 1. The number of ether oxygens (including phenoxy) is 1. The fourth-order valence-electron chi connectivity index (χ4n) is 1.96. The van der Waals surface area contributed by atoms with E-state index in [0.717, 1.165) is 18.0 Å². The highest BCUT2D eigenvalue weighted by molar-refractivity contribution is 7.07. The Morgan fingerprint density at radius 1 is 1.43 bits per heavy atom. The van der Waals surface area contributed by atoms with Gasteiger partial charge in [0.1, 0.15) is 5.75 Å². The lowest BCUT2D eigenvalue weighted by molar-refractivity contribution is -0.120.